The SMILES string of the molecule is CC(C)(C)[S@@](=O)N=C1CCc2cc(Br)ccc2S1. The quantitative estimate of drug-likeness (QED) is 0.757. The number of aryl methyl sites for hydroxylation is 1. The third-order valence-corrected chi connectivity index (χ3v) is 5.76. The van der Waals surface area contributed by atoms with Gasteiger partial charge in [0.25, 0.3) is 0 Å². The highest BCUT2D eigenvalue weighted by Gasteiger charge is 2.22. The van der Waals surface area contributed by atoms with E-state index >= 15 is 0 Å². The highest BCUT2D eigenvalue weighted by Crippen LogP contribution is 2.34. The number of nitrogens with zero attached hydrogens (tertiary/aromatic N) is 1. The van der Waals surface area contributed by atoms with Crippen LogP contribution in [0.3, 0.4) is 0 Å². The summed E-state index contributed by atoms with van der Waals surface area (Å²) in [6, 6.07) is 6.29. The van der Waals surface area contributed by atoms with Crippen LogP contribution < -0.4 is 0 Å². The van der Waals surface area contributed by atoms with E-state index in [2.05, 4.69) is 32.5 Å². The summed E-state index contributed by atoms with van der Waals surface area (Å²) in [5.41, 5.74) is 1.34. The topological polar surface area (TPSA) is 29.4 Å². The molecule has 1 aliphatic rings. The summed E-state index contributed by atoms with van der Waals surface area (Å²) in [7, 11) is -1.16. The van der Waals surface area contributed by atoms with Gasteiger partial charge in [0.05, 0.1) is 9.79 Å². The van der Waals surface area contributed by atoms with Gasteiger partial charge in [0, 0.05) is 15.8 Å². The number of fused-ring (bicyclic) bond motifs is 1. The van der Waals surface area contributed by atoms with E-state index in [0.29, 0.717) is 0 Å². The summed E-state index contributed by atoms with van der Waals surface area (Å²) in [6.07, 6.45) is 1.86. The molecule has 2 rings (SSSR count). The van der Waals surface area contributed by atoms with Crippen LogP contribution >= 0.6 is 27.7 Å². The number of thioether (sulfide) groups is 1. The molecule has 0 saturated carbocycles. The molecule has 0 aliphatic carbocycles. The zero-order valence-corrected chi connectivity index (χ0v) is 13.9. The Labute approximate surface area is 123 Å². The van der Waals surface area contributed by atoms with Gasteiger partial charge < -0.3 is 0 Å². The predicted molar refractivity (Wildman–Crippen MR) is 83.7 cm³/mol. The summed E-state index contributed by atoms with van der Waals surface area (Å²) in [5.74, 6) is 0. The second kappa shape index (κ2) is 5.47. The molecule has 0 saturated heterocycles. The van der Waals surface area contributed by atoms with Gasteiger partial charge in [-0.05, 0) is 51.0 Å². The summed E-state index contributed by atoms with van der Waals surface area (Å²) < 4.78 is 17.2. The number of hydrogen-bond donors (Lipinski definition) is 0. The van der Waals surface area contributed by atoms with Crippen LogP contribution in [0.4, 0.5) is 0 Å². The van der Waals surface area contributed by atoms with Crippen molar-refractivity contribution in [3.63, 3.8) is 0 Å². The van der Waals surface area contributed by atoms with Crippen molar-refractivity contribution in [1.82, 2.24) is 0 Å². The second-order valence-corrected chi connectivity index (χ2v) is 9.14. The Morgan fingerprint density at radius 1 is 1.33 bits per heavy atom. The first-order valence-corrected chi connectivity index (χ1v) is 8.54. The van der Waals surface area contributed by atoms with Crippen LogP contribution in [0.15, 0.2) is 32.0 Å². The fourth-order valence-corrected chi connectivity index (χ4v) is 3.75. The molecule has 0 fully saturated rings. The number of hydrogen-bond acceptors (Lipinski definition) is 2. The van der Waals surface area contributed by atoms with Crippen molar-refractivity contribution in [1.29, 1.82) is 0 Å². The Bertz CT molecular complexity index is 520. The van der Waals surface area contributed by atoms with Gasteiger partial charge in [-0.1, -0.05) is 27.7 Å². The Morgan fingerprint density at radius 3 is 2.72 bits per heavy atom. The molecule has 0 unspecified atom stereocenters. The third-order valence-electron chi connectivity index (χ3n) is 2.57. The molecule has 1 aromatic rings. The van der Waals surface area contributed by atoms with E-state index < -0.39 is 11.0 Å². The van der Waals surface area contributed by atoms with Gasteiger partial charge in [-0.25, -0.2) is 4.21 Å². The van der Waals surface area contributed by atoms with E-state index in [9.17, 15) is 4.21 Å². The van der Waals surface area contributed by atoms with E-state index in [1.54, 1.807) is 11.8 Å². The molecule has 18 heavy (non-hydrogen) atoms. The van der Waals surface area contributed by atoms with E-state index in [0.717, 1.165) is 22.4 Å². The van der Waals surface area contributed by atoms with Crippen molar-refractivity contribution in [2.24, 2.45) is 4.40 Å². The van der Waals surface area contributed by atoms with Crippen molar-refractivity contribution < 1.29 is 4.21 Å². The molecular formula is C13H16BrNOS2. The average Bonchev–Trinajstić information content (AvgIpc) is 2.28. The fourth-order valence-electron chi connectivity index (χ4n) is 1.56. The molecule has 0 spiro atoms. The molecular weight excluding hydrogens is 330 g/mol. The molecule has 0 N–H and O–H groups in total. The lowest BCUT2D eigenvalue weighted by molar-refractivity contribution is 0.650. The first-order valence-electron chi connectivity index (χ1n) is 5.82. The summed E-state index contributed by atoms with van der Waals surface area (Å²) in [4.78, 5) is 1.23. The van der Waals surface area contributed by atoms with Gasteiger partial charge in [0.1, 0.15) is 11.0 Å². The monoisotopic (exact) mass is 345 g/mol. The molecule has 1 heterocycles. The molecule has 0 amide bonds. The maximum Gasteiger partial charge on any atom is 0.145 e. The smallest absolute Gasteiger partial charge is 0.145 e. The Kier molecular flexibility index (Phi) is 4.34. The normalized spacial score (nSPS) is 19.7. The van der Waals surface area contributed by atoms with Gasteiger partial charge in [0.15, 0.2) is 0 Å². The average molecular weight is 346 g/mol. The molecule has 98 valence electrons. The fraction of sp³-hybridized carbons (Fsp3) is 0.462. The van der Waals surface area contributed by atoms with Gasteiger partial charge in [-0.15, -0.1) is 0 Å². The van der Waals surface area contributed by atoms with Crippen LogP contribution in [-0.2, 0) is 17.4 Å². The number of benzene rings is 1. The van der Waals surface area contributed by atoms with Crippen LogP contribution in [0, 0.1) is 0 Å². The van der Waals surface area contributed by atoms with Crippen LogP contribution in [0.1, 0.15) is 32.8 Å². The molecule has 1 atom stereocenters. The van der Waals surface area contributed by atoms with Gasteiger partial charge in [-0.2, -0.15) is 4.40 Å². The van der Waals surface area contributed by atoms with Crippen LogP contribution in [0.2, 0.25) is 0 Å². The lowest BCUT2D eigenvalue weighted by atomic mass is 10.1. The van der Waals surface area contributed by atoms with Crippen LogP contribution in [-0.4, -0.2) is 14.0 Å². The minimum absolute atomic E-state index is 0.284. The molecule has 5 heteroatoms. The lowest BCUT2D eigenvalue weighted by Crippen LogP contribution is -2.21. The Morgan fingerprint density at radius 2 is 2.06 bits per heavy atom. The molecule has 1 aromatic carbocycles. The highest BCUT2D eigenvalue weighted by atomic mass is 79.9. The molecule has 2 nitrogen and oxygen atoms in total. The zero-order chi connectivity index (χ0) is 13.3. The Balaban J connectivity index is 2.20. The van der Waals surface area contributed by atoms with E-state index in [4.69, 9.17) is 0 Å². The Hall–Kier alpha value is -0.130. The summed E-state index contributed by atoms with van der Waals surface area (Å²) in [6.45, 7) is 5.85. The van der Waals surface area contributed by atoms with E-state index in [-0.39, 0.29) is 4.75 Å². The van der Waals surface area contributed by atoms with Crippen molar-refractivity contribution in [2.75, 3.05) is 0 Å². The maximum atomic E-state index is 12.0. The van der Waals surface area contributed by atoms with Gasteiger partial charge in [-0.3, -0.25) is 0 Å². The summed E-state index contributed by atoms with van der Waals surface area (Å²) in [5, 5.41) is 0.984. The first-order chi connectivity index (χ1) is 8.36. The summed E-state index contributed by atoms with van der Waals surface area (Å²) >= 11 is 5.13. The molecule has 0 radical (unpaired) electrons. The molecule has 0 bridgehead atoms. The van der Waals surface area contributed by atoms with Crippen molar-refractivity contribution in [3.8, 4) is 0 Å². The lowest BCUT2D eigenvalue weighted by Gasteiger charge is -2.19. The molecule has 0 aromatic heterocycles. The van der Waals surface area contributed by atoms with Crippen LogP contribution in [0.5, 0.6) is 0 Å². The predicted octanol–water partition coefficient (Wildman–Crippen LogP) is 4.35. The van der Waals surface area contributed by atoms with Crippen LogP contribution in [0.25, 0.3) is 0 Å². The number of halogens is 1. The standard InChI is InChI=1S/C13H16BrNOS2/c1-13(2,3)18(16)15-12-7-4-9-8-10(14)5-6-11(9)17-12/h5-6,8H,4,7H2,1-3H3/t18-/m1/s1. The third kappa shape index (κ3) is 3.45. The maximum absolute atomic E-state index is 12.0. The minimum Gasteiger partial charge on any atom is -0.234 e. The second-order valence-electron chi connectivity index (χ2n) is 5.20. The van der Waals surface area contributed by atoms with E-state index in [1.807, 2.05) is 26.8 Å². The zero-order valence-electron chi connectivity index (χ0n) is 10.7. The van der Waals surface area contributed by atoms with Crippen molar-refractivity contribution in [2.45, 2.75) is 43.3 Å². The largest absolute Gasteiger partial charge is 0.234 e. The van der Waals surface area contributed by atoms with Crippen molar-refractivity contribution >= 4 is 43.7 Å². The van der Waals surface area contributed by atoms with E-state index in [1.165, 1.54) is 10.5 Å². The molecule has 1 aliphatic heterocycles. The minimum atomic E-state index is -1.16. The van der Waals surface area contributed by atoms with Gasteiger partial charge >= 0.3 is 0 Å². The number of rotatable bonds is 1. The van der Waals surface area contributed by atoms with Gasteiger partial charge in [0.2, 0.25) is 0 Å². The first kappa shape index (κ1) is 14.3. The highest BCUT2D eigenvalue weighted by molar-refractivity contribution is 9.10. The van der Waals surface area contributed by atoms with Crippen molar-refractivity contribution in [3.05, 3.63) is 28.2 Å².